The van der Waals surface area contributed by atoms with E-state index in [-0.39, 0.29) is 0 Å². The van der Waals surface area contributed by atoms with Crippen molar-refractivity contribution in [1.82, 2.24) is 0 Å². The van der Waals surface area contributed by atoms with Gasteiger partial charge in [-0.15, -0.1) is 0 Å². The smallest absolute Gasteiger partial charge is 0.0794 e. The molecule has 0 aliphatic rings. The minimum atomic E-state index is -0.808. The highest BCUT2D eigenvalue weighted by atomic mass is 35.5. The van der Waals surface area contributed by atoms with Crippen LogP contribution in [0.1, 0.15) is 5.56 Å². The Morgan fingerprint density at radius 1 is 1.25 bits per heavy atom. The monoisotopic (exact) mass is 196 g/mol. The Labute approximate surface area is 80.5 Å². The molecule has 12 heavy (non-hydrogen) atoms. The average Bonchev–Trinajstić information content (AvgIpc) is 2.06. The second kappa shape index (κ2) is 4.48. The zero-order valence-electron chi connectivity index (χ0n) is 7.42. The van der Waals surface area contributed by atoms with Gasteiger partial charge in [-0.05, 0) is 16.3 Å². The van der Waals surface area contributed by atoms with Crippen molar-refractivity contribution in [3.8, 4) is 0 Å². The van der Waals surface area contributed by atoms with Gasteiger partial charge in [-0.25, -0.2) is 0 Å². The molecular weight excluding hydrogens is 184 g/mol. The molecule has 0 aliphatic carbocycles. The van der Waals surface area contributed by atoms with Crippen molar-refractivity contribution in [2.45, 2.75) is 13.1 Å². The average molecular weight is 197 g/mol. The van der Waals surface area contributed by atoms with Crippen LogP contribution in [0, 0.1) is 0 Å². The molecule has 0 radical (unpaired) electrons. The van der Waals surface area contributed by atoms with Crippen molar-refractivity contribution in [3.63, 3.8) is 0 Å². The maximum atomic E-state index is 6.07. The highest BCUT2D eigenvalue weighted by Gasteiger charge is 1.99. The summed E-state index contributed by atoms with van der Waals surface area (Å²) in [4.78, 5) is 0. The largest absolute Gasteiger partial charge is 0.0946 e. The fraction of sp³-hybridized carbons (Fsp3) is 0.200. The van der Waals surface area contributed by atoms with E-state index in [0.29, 0.717) is 0 Å². The van der Waals surface area contributed by atoms with Gasteiger partial charge in [0, 0.05) is 0 Å². The SMILES string of the molecule is C[SiH](C)C(Cl)=Cc1ccccc1. The van der Waals surface area contributed by atoms with Crippen molar-refractivity contribution in [3.05, 3.63) is 40.6 Å². The molecule has 0 fully saturated rings. The highest BCUT2D eigenvalue weighted by Crippen LogP contribution is 2.12. The predicted molar refractivity (Wildman–Crippen MR) is 59.1 cm³/mol. The van der Waals surface area contributed by atoms with E-state index in [0.717, 1.165) is 4.66 Å². The topological polar surface area (TPSA) is 0 Å². The van der Waals surface area contributed by atoms with Crippen molar-refractivity contribution < 1.29 is 0 Å². The van der Waals surface area contributed by atoms with Gasteiger partial charge in [0.05, 0.1) is 8.80 Å². The lowest BCUT2D eigenvalue weighted by molar-refractivity contribution is 1.66. The molecule has 2 heteroatoms. The molecule has 0 nitrogen and oxygen atoms in total. The summed E-state index contributed by atoms with van der Waals surface area (Å²) >= 11 is 6.07. The van der Waals surface area contributed by atoms with Crippen LogP contribution in [0.25, 0.3) is 6.08 Å². The van der Waals surface area contributed by atoms with Gasteiger partial charge in [-0.3, -0.25) is 0 Å². The van der Waals surface area contributed by atoms with E-state index in [4.69, 9.17) is 11.6 Å². The Bertz CT molecular complexity index is 264. The zero-order valence-corrected chi connectivity index (χ0v) is 9.33. The second-order valence-electron chi connectivity index (χ2n) is 3.09. The summed E-state index contributed by atoms with van der Waals surface area (Å²) in [5.74, 6) is 0. The molecule has 0 N–H and O–H groups in total. The number of benzene rings is 1. The molecule has 1 rings (SSSR count). The van der Waals surface area contributed by atoms with Gasteiger partial charge in [-0.2, -0.15) is 0 Å². The van der Waals surface area contributed by atoms with Crippen LogP contribution < -0.4 is 0 Å². The summed E-state index contributed by atoms with van der Waals surface area (Å²) < 4.78 is 1.04. The maximum absolute atomic E-state index is 6.07. The summed E-state index contributed by atoms with van der Waals surface area (Å²) in [5, 5.41) is 0. The summed E-state index contributed by atoms with van der Waals surface area (Å²) in [6.07, 6.45) is 2.07. The van der Waals surface area contributed by atoms with Crippen molar-refractivity contribution >= 4 is 26.5 Å². The van der Waals surface area contributed by atoms with Crippen LogP contribution in [0.4, 0.5) is 0 Å². The fourth-order valence-electron chi connectivity index (χ4n) is 0.875. The van der Waals surface area contributed by atoms with Gasteiger partial charge in [0.1, 0.15) is 0 Å². The lowest BCUT2D eigenvalue weighted by Crippen LogP contribution is -1.99. The molecule has 1 aromatic carbocycles. The Morgan fingerprint density at radius 2 is 1.83 bits per heavy atom. The normalized spacial score (nSPS) is 12.2. The highest BCUT2D eigenvalue weighted by molar-refractivity contribution is 6.77. The summed E-state index contributed by atoms with van der Waals surface area (Å²) in [6.45, 7) is 4.45. The van der Waals surface area contributed by atoms with Crippen molar-refractivity contribution in [2.75, 3.05) is 0 Å². The lowest BCUT2D eigenvalue weighted by atomic mass is 10.2. The van der Waals surface area contributed by atoms with E-state index < -0.39 is 8.80 Å². The molecule has 0 heterocycles. The van der Waals surface area contributed by atoms with E-state index in [1.54, 1.807) is 0 Å². The van der Waals surface area contributed by atoms with E-state index in [2.05, 4.69) is 31.3 Å². The van der Waals surface area contributed by atoms with Crippen LogP contribution in [0.3, 0.4) is 0 Å². The van der Waals surface area contributed by atoms with Crippen molar-refractivity contribution in [1.29, 1.82) is 0 Å². The Balaban J connectivity index is 2.81. The Morgan fingerprint density at radius 3 is 2.33 bits per heavy atom. The number of hydrogen-bond acceptors (Lipinski definition) is 0. The maximum Gasteiger partial charge on any atom is 0.0794 e. The minimum absolute atomic E-state index is 0.808. The quantitative estimate of drug-likeness (QED) is 0.637. The first-order valence-corrected chi connectivity index (χ1v) is 7.39. The number of rotatable bonds is 2. The molecule has 0 amide bonds. The number of halogens is 1. The first kappa shape index (κ1) is 9.55. The first-order chi connectivity index (χ1) is 5.70. The number of hydrogen-bond donors (Lipinski definition) is 0. The first-order valence-electron chi connectivity index (χ1n) is 4.12. The second-order valence-corrected chi connectivity index (χ2v) is 6.83. The predicted octanol–water partition coefficient (Wildman–Crippen LogP) is 3.29. The van der Waals surface area contributed by atoms with Gasteiger partial charge in [0.25, 0.3) is 0 Å². The van der Waals surface area contributed by atoms with Gasteiger partial charge >= 0.3 is 0 Å². The van der Waals surface area contributed by atoms with Crippen LogP contribution >= 0.6 is 11.6 Å². The standard InChI is InChI=1S/C10H13ClSi/c1-12(2)10(11)8-9-6-4-3-5-7-9/h3-8,12H,1-2H3. The Kier molecular flexibility index (Phi) is 3.57. The zero-order chi connectivity index (χ0) is 8.97. The van der Waals surface area contributed by atoms with Crippen molar-refractivity contribution in [2.24, 2.45) is 0 Å². The van der Waals surface area contributed by atoms with E-state index in [1.165, 1.54) is 5.56 Å². The van der Waals surface area contributed by atoms with Gasteiger partial charge in [0.15, 0.2) is 0 Å². The third kappa shape index (κ3) is 2.84. The van der Waals surface area contributed by atoms with Gasteiger partial charge in [-0.1, -0.05) is 55.0 Å². The summed E-state index contributed by atoms with van der Waals surface area (Å²) in [5.41, 5.74) is 1.20. The molecule has 64 valence electrons. The van der Waals surface area contributed by atoms with Crippen LogP contribution in [-0.2, 0) is 0 Å². The third-order valence-corrected chi connectivity index (χ3v) is 4.34. The molecule has 0 unspecified atom stereocenters. The van der Waals surface area contributed by atoms with E-state index in [9.17, 15) is 0 Å². The van der Waals surface area contributed by atoms with E-state index in [1.807, 2.05) is 18.2 Å². The van der Waals surface area contributed by atoms with Crippen LogP contribution in [0.5, 0.6) is 0 Å². The molecule has 0 bridgehead atoms. The Hall–Kier alpha value is -0.533. The molecule has 0 aliphatic heterocycles. The molecule has 0 aromatic heterocycles. The summed E-state index contributed by atoms with van der Waals surface area (Å²) in [7, 11) is -0.808. The molecule has 0 saturated carbocycles. The van der Waals surface area contributed by atoms with Crippen LogP contribution in [-0.4, -0.2) is 8.80 Å². The van der Waals surface area contributed by atoms with E-state index >= 15 is 0 Å². The molecule has 0 atom stereocenters. The minimum Gasteiger partial charge on any atom is -0.0946 e. The third-order valence-electron chi connectivity index (χ3n) is 1.66. The molecular formula is C10H13ClSi. The summed E-state index contributed by atoms with van der Waals surface area (Å²) in [6, 6.07) is 10.2. The lowest BCUT2D eigenvalue weighted by Gasteiger charge is -2.00. The molecule has 0 spiro atoms. The molecule has 0 saturated heterocycles. The van der Waals surface area contributed by atoms with Gasteiger partial charge in [0.2, 0.25) is 0 Å². The van der Waals surface area contributed by atoms with Crippen LogP contribution in [0.15, 0.2) is 35.0 Å². The molecule has 1 aromatic rings. The van der Waals surface area contributed by atoms with Gasteiger partial charge < -0.3 is 0 Å². The fourth-order valence-corrected chi connectivity index (χ4v) is 1.53. The van der Waals surface area contributed by atoms with Crippen LogP contribution in [0.2, 0.25) is 13.1 Å².